The first-order valence-electron chi connectivity index (χ1n) is 8.74. The minimum Gasteiger partial charge on any atom is -0.357 e. The third-order valence-electron chi connectivity index (χ3n) is 4.36. The smallest absolute Gasteiger partial charge is 0.244 e. The van der Waals surface area contributed by atoms with Gasteiger partial charge in [-0.15, -0.1) is 0 Å². The lowest BCUT2D eigenvalue weighted by Gasteiger charge is -2.19. The number of nitrogens with one attached hydrogen (secondary N) is 2. The van der Waals surface area contributed by atoms with Crippen LogP contribution in [0.15, 0.2) is 4.99 Å². The lowest BCUT2D eigenvalue weighted by molar-refractivity contribution is -0.130. The molecule has 0 bridgehead atoms. The van der Waals surface area contributed by atoms with Crippen LogP contribution in [0.1, 0.15) is 39.5 Å². The molecule has 0 radical (unpaired) electrons. The molecule has 2 aliphatic heterocycles. The fourth-order valence-electron chi connectivity index (χ4n) is 3.05. The molecule has 1 unspecified atom stereocenters. The van der Waals surface area contributed by atoms with Crippen molar-refractivity contribution in [3.8, 4) is 0 Å². The molecule has 2 rings (SSSR count). The Bertz CT molecular complexity index is 446. The summed E-state index contributed by atoms with van der Waals surface area (Å²) in [4.78, 5) is 32.0. The molecule has 1 atom stereocenters. The maximum Gasteiger partial charge on any atom is 0.244 e. The molecule has 2 saturated heterocycles. The van der Waals surface area contributed by atoms with Crippen molar-refractivity contribution in [3.05, 3.63) is 0 Å². The molecule has 0 aliphatic carbocycles. The Labute approximate surface area is 138 Å². The van der Waals surface area contributed by atoms with E-state index in [1.165, 1.54) is 0 Å². The standard InChI is InChI=1S/C16H29N5O2/c1-3-14(22)21-10-7-13(12-21)19-16(17-4-2)18-11-15(23)20-8-5-6-9-20/h13H,3-12H2,1-2H3,(H2,17,18,19). The molecule has 23 heavy (non-hydrogen) atoms. The molecule has 0 aromatic rings. The van der Waals surface area contributed by atoms with Gasteiger partial charge in [0, 0.05) is 45.2 Å². The second-order valence-corrected chi connectivity index (χ2v) is 6.11. The van der Waals surface area contributed by atoms with Crippen LogP contribution in [0.5, 0.6) is 0 Å². The molecule has 7 heteroatoms. The third-order valence-corrected chi connectivity index (χ3v) is 4.36. The van der Waals surface area contributed by atoms with E-state index in [4.69, 9.17) is 0 Å². The van der Waals surface area contributed by atoms with E-state index in [1.807, 2.05) is 23.6 Å². The first-order valence-corrected chi connectivity index (χ1v) is 8.74. The molecule has 2 fully saturated rings. The summed E-state index contributed by atoms with van der Waals surface area (Å²) in [6, 6.07) is 0.199. The molecular formula is C16H29N5O2. The lowest BCUT2D eigenvalue weighted by Crippen LogP contribution is -2.45. The Balaban J connectivity index is 1.84. The van der Waals surface area contributed by atoms with Gasteiger partial charge in [-0.1, -0.05) is 6.92 Å². The Morgan fingerprint density at radius 3 is 2.48 bits per heavy atom. The fourth-order valence-corrected chi connectivity index (χ4v) is 3.05. The van der Waals surface area contributed by atoms with Crippen molar-refractivity contribution < 1.29 is 9.59 Å². The van der Waals surface area contributed by atoms with E-state index >= 15 is 0 Å². The summed E-state index contributed by atoms with van der Waals surface area (Å²) in [7, 11) is 0. The van der Waals surface area contributed by atoms with E-state index in [9.17, 15) is 9.59 Å². The first kappa shape index (κ1) is 17.6. The SMILES string of the molecule is CCNC(=NCC(=O)N1CCCC1)NC1CCN(C(=O)CC)C1. The third kappa shape index (κ3) is 5.11. The quantitative estimate of drug-likeness (QED) is 0.559. The van der Waals surface area contributed by atoms with E-state index in [0.29, 0.717) is 18.9 Å². The average molecular weight is 323 g/mol. The predicted molar refractivity (Wildman–Crippen MR) is 90.2 cm³/mol. The summed E-state index contributed by atoms with van der Waals surface area (Å²) in [6.45, 7) is 8.02. The summed E-state index contributed by atoms with van der Waals surface area (Å²) >= 11 is 0. The molecule has 7 nitrogen and oxygen atoms in total. The van der Waals surface area contributed by atoms with Crippen molar-refractivity contribution in [2.24, 2.45) is 4.99 Å². The van der Waals surface area contributed by atoms with E-state index in [-0.39, 0.29) is 24.4 Å². The summed E-state index contributed by atoms with van der Waals surface area (Å²) in [5.74, 6) is 0.949. The minimum atomic E-state index is 0.0916. The summed E-state index contributed by atoms with van der Waals surface area (Å²) in [5, 5.41) is 6.52. The van der Waals surface area contributed by atoms with Crippen molar-refractivity contribution in [2.75, 3.05) is 39.3 Å². The second kappa shape index (κ2) is 8.74. The number of guanidine groups is 1. The minimum absolute atomic E-state index is 0.0916. The van der Waals surface area contributed by atoms with Crippen LogP contribution in [0.2, 0.25) is 0 Å². The van der Waals surface area contributed by atoms with Gasteiger partial charge in [0.05, 0.1) is 0 Å². The summed E-state index contributed by atoms with van der Waals surface area (Å²) in [5.41, 5.74) is 0. The fraction of sp³-hybridized carbons (Fsp3) is 0.812. The molecule has 2 heterocycles. The van der Waals surface area contributed by atoms with Gasteiger partial charge >= 0.3 is 0 Å². The van der Waals surface area contributed by atoms with Crippen LogP contribution in [-0.4, -0.2) is 72.9 Å². The number of carbonyl (C=O) groups is 2. The molecular weight excluding hydrogens is 294 g/mol. The van der Waals surface area contributed by atoms with Crippen LogP contribution in [-0.2, 0) is 9.59 Å². The first-order chi connectivity index (χ1) is 11.1. The molecule has 2 amide bonds. The lowest BCUT2D eigenvalue weighted by atomic mass is 10.3. The monoisotopic (exact) mass is 323 g/mol. The predicted octanol–water partition coefficient (Wildman–Crippen LogP) is 0.175. The van der Waals surface area contributed by atoms with Gasteiger partial charge in [-0.25, -0.2) is 4.99 Å². The summed E-state index contributed by atoms with van der Waals surface area (Å²) < 4.78 is 0. The number of nitrogens with zero attached hydrogens (tertiary/aromatic N) is 3. The van der Waals surface area contributed by atoms with Crippen LogP contribution < -0.4 is 10.6 Å². The highest BCUT2D eigenvalue weighted by atomic mass is 16.2. The van der Waals surface area contributed by atoms with E-state index in [2.05, 4.69) is 15.6 Å². The van der Waals surface area contributed by atoms with Crippen LogP contribution in [0.25, 0.3) is 0 Å². The number of likely N-dealkylation sites (tertiary alicyclic amines) is 2. The van der Waals surface area contributed by atoms with E-state index < -0.39 is 0 Å². The van der Waals surface area contributed by atoms with Crippen LogP contribution in [0.3, 0.4) is 0 Å². The maximum atomic E-state index is 12.1. The molecule has 130 valence electrons. The Morgan fingerprint density at radius 1 is 1.09 bits per heavy atom. The van der Waals surface area contributed by atoms with Crippen molar-refractivity contribution in [1.29, 1.82) is 0 Å². The van der Waals surface area contributed by atoms with Crippen molar-refractivity contribution >= 4 is 17.8 Å². The molecule has 2 aliphatic rings. The largest absolute Gasteiger partial charge is 0.357 e. The molecule has 0 aromatic heterocycles. The number of amides is 2. The Morgan fingerprint density at radius 2 is 1.83 bits per heavy atom. The van der Waals surface area contributed by atoms with Crippen LogP contribution >= 0.6 is 0 Å². The highest BCUT2D eigenvalue weighted by Crippen LogP contribution is 2.10. The second-order valence-electron chi connectivity index (χ2n) is 6.11. The molecule has 0 spiro atoms. The van der Waals surface area contributed by atoms with Crippen molar-refractivity contribution in [2.45, 2.75) is 45.6 Å². The van der Waals surface area contributed by atoms with Gasteiger partial charge in [0.25, 0.3) is 0 Å². The topological polar surface area (TPSA) is 77.0 Å². The molecule has 0 saturated carbocycles. The van der Waals surface area contributed by atoms with E-state index in [1.54, 1.807) is 0 Å². The zero-order valence-corrected chi connectivity index (χ0v) is 14.3. The number of aliphatic imine (C=N–C) groups is 1. The number of rotatable bonds is 5. The number of hydrogen-bond acceptors (Lipinski definition) is 3. The average Bonchev–Trinajstić information content (AvgIpc) is 3.23. The highest BCUT2D eigenvalue weighted by Gasteiger charge is 2.26. The molecule has 2 N–H and O–H groups in total. The normalized spacial score (nSPS) is 21.7. The Hall–Kier alpha value is -1.79. The van der Waals surface area contributed by atoms with Gasteiger partial charge in [-0.3, -0.25) is 9.59 Å². The van der Waals surface area contributed by atoms with Crippen LogP contribution in [0, 0.1) is 0 Å². The zero-order valence-electron chi connectivity index (χ0n) is 14.3. The maximum absolute atomic E-state index is 12.1. The van der Waals surface area contributed by atoms with Crippen molar-refractivity contribution in [1.82, 2.24) is 20.4 Å². The van der Waals surface area contributed by atoms with Gasteiger partial charge in [-0.2, -0.15) is 0 Å². The van der Waals surface area contributed by atoms with Gasteiger partial charge in [0.2, 0.25) is 11.8 Å². The highest BCUT2D eigenvalue weighted by molar-refractivity contribution is 5.85. The molecule has 0 aromatic carbocycles. The van der Waals surface area contributed by atoms with Gasteiger partial charge < -0.3 is 20.4 Å². The number of carbonyl (C=O) groups excluding carboxylic acids is 2. The van der Waals surface area contributed by atoms with Gasteiger partial charge in [-0.05, 0) is 26.2 Å². The zero-order chi connectivity index (χ0) is 16.7. The van der Waals surface area contributed by atoms with Crippen LogP contribution in [0.4, 0.5) is 0 Å². The van der Waals surface area contributed by atoms with Gasteiger partial charge in [0.15, 0.2) is 5.96 Å². The number of hydrogen-bond donors (Lipinski definition) is 2. The van der Waals surface area contributed by atoms with Gasteiger partial charge in [0.1, 0.15) is 6.54 Å². The van der Waals surface area contributed by atoms with Crippen molar-refractivity contribution in [3.63, 3.8) is 0 Å². The summed E-state index contributed by atoms with van der Waals surface area (Å²) in [6.07, 6.45) is 3.65. The van der Waals surface area contributed by atoms with E-state index in [0.717, 1.165) is 45.4 Å². The Kier molecular flexibility index (Phi) is 6.67.